The van der Waals surface area contributed by atoms with Crippen molar-refractivity contribution in [2.45, 2.75) is 37.2 Å². The summed E-state index contributed by atoms with van der Waals surface area (Å²) in [5, 5.41) is 5.06. The van der Waals surface area contributed by atoms with Crippen LogP contribution in [0.1, 0.15) is 23.7 Å². The molecule has 2 heterocycles. The Balaban J connectivity index is 2.37. The van der Waals surface area contributed by atoms with Crippen molar-refractivity contribution in [1.29, 1.82) is 0 Å². The molecule has 1 N–H and O–H groups in total. The summed E-state index contributed by atoms with van der Waals surface area (Å²) in [6.07, 6.45) is 2.49. The van der Waals surface area contributed by atoms with Gasteiger partial charge in [0.05, 0.1) is 0 Å². The monoisotopic (exact) mass is 274 g/mol. The molecule has 19 heavy (non-hydrogen) atoms. The molecule has 5 heteroatoms. The van der Waals surface area contributed by atoms with Crippen LogP contribution in [0.15, 0.2) is 28.5 Å². The molecule has 0 spiro atoms. The van der Waals surface area contributed by atoms with Gasteiger partial charge in [0.15, 0.2) is 0 Å². The van der Waals surface area contributed by atoms with E-state index in [4.69, 9.17) is 0 Å². The second kappa shape index (κ2) is 6.02. The van der Waals surface area contributed by atoms with Crippen LogP contribution in [0, 0.1) is 13.8 Å². The normalized spacial score (nSPS) is 10.5. The lowest BCUT2D eigenvalue weighted by atomic mass is 10.2. The lowest BCUT2D eigenvalue weighted by molar-refractivity contribution is 0.940. The highest BCUT2D eigenvalue weighted by atomic mass is 32.2. The van der Waals surface area contributed by atoms with Crippen LogP contribution in [0.4, 0.5) is 5.82 Å². The van der Waals surface area contributed by atoms with Gasteiger partial charge in [-0.05, 0) is 49.7 Å². The molecule has 0 aliphatic heterocycles. The second-order valence-electron chi connectivity index (χ2n) is 4.34. The first-order chi connectivity index (χ1) is 9.13. The molecule has 0 fully saturated rings. The Morgan fingerprint density at radius 3 is 2.63 bits per heavy atom. The van der Waals surface area contributed by atoms with Crippen LogP contribution < -0.4 is 5.32 Å². The van der Waals surface area contributed by atoms with E-state index in [0.717, 1.165) is 33.5 Å². The fourth-order valence-corrected chi connectivity index (χ4v) is 3.07. The van der Waals surface area contributed by atoms with E-state index in [1.807, 2.05) is 14.0 Å². The Kier molecular flexibility index (Phi) is 4.37. The van der Waals surface area contributed by atoms with Crippen molar-refractivity contribution in [2.24, 2.45) is 0 Å². The molecule has 0 bridgehead atoms. The third-order valence-electron chi connectivity index (χ3n) is 2.77. The van der Waals surface area contributed by atoms with Crippen LogP contribution >= 0.6 is 11.8 Å². The summed E-state index contributed by atoms with van der Waals surface area (Å²) in [6.45, 7) is 6.20. The van der Waals surface area contributed by atoms with Crippen molar-refractivity contribution in [1.82, 2.24) is 15.0 Å². The minimum atomic E-state index is 0.893. The van der Waals surface area contributed by atoms with Gasteiger partial charge in [-0.2, -0.15) is 0 Å². The lowest BCUT2D eigenvalue weighted by Crippen LogP contribution is -2.01. The van der Waals surface area contributed by atoms with E-state index in [9.17, 15) is 0 Å². The van der Waals surface area contributed by atoms with Crippen LogP contribution in [0.25, 0.3) is 0 Å². The fourth-order valence-electron chi connectivity index (χ4n) is 1.97. The Morgan fingerprint density at radius 2 is 2.00 bits per heavy atom. The van der Waals surface area contributed by atoms with Gasteiger partial charge in [0, 0.05) is 18.3 Å². The molecular weight excluding hydrogens is 256 g/mol. The topological polar surface area (TPSA) is 50.7 Å². The Labute approximate surface area is 118 Å². The summed E-state index contributed by atoms with van der Waals surface area (Å²) in [5.74, 6) is 0.893. The van der Waals surface area contributed by atoms with Crippen molar-refractivity contribution in [2.75, 3.05) is 12.4 Å². The van der Waals surface area contributed by atoms with Gasteiger partial charge in [0.2, 0.25) is 0 Å². The number of hydrogen-bond donors (Lipinski definition) is 1. The zero-order chi connectivity index (χ0) is 13.8. The minimum Gasteiger partial charge on any atom is -0.373 e. The maximum absolute atomic E-state index is 4.54. The molecule has 0 saturated heterocycles. The quantitative estimate of drug-likeness (QED) is 0.867. The van der Waals surface area contributed by atoms with Crippen LogP contribution in [-0.2, 0) is 6.42 Å². The summed E-state index contributed by atoms with van der Waals surface area (Å²) in [6, 6.07) is 4.15. The van der Waals surface area contributed by atoms with Gasteiger partial charge in [-0.15, -0.1) is 0 Å². The van der Waals surface area contributed by atoms with Crippen molar-refractivity contribution < 1.29 is 0 Å². The van der Waals surface area contributed by atoms with Crippen molar-refractivity contribution in [3.05, 3.63) is 35.3 Å². The molecule has 0 unspecified atom stereocenters. The van der Waals surface area contributed by atoms with Crippen LogP contribution in [-0.4, -0.2) is 22.0 Å². The molecule has 0 aliphatic carbocycles. The second-order valence-corrected chi connectivity index (χ2v) is 5.34. The average molecular weight is 274 g/mol. The highest BCUT2D eigenvalue weighted by molar-refractivity contribution is 7.99. The molecule has 2 aromatic heterocycles. The fraction of sp³-hybridized carbons (Fsp3) is 0.357. The number of aryl methyl sites for hydroxylation is 2. The standard InChI is InChI=1S/C14H18N4S/c1-5-11-13(15-4)16-8-17-14(11)19-12-7-9(2)6-10(3)18-12/h6-8H,5H2,1-4H3,(H,15,16,17). The maximum atomic E-state index is 4.54. The predicted octanol–water partition coefficient (Wildman–Crippen LogP) is 3.24. The van der Waals surface area contributed by atoms with Crippen LogP contribution in [0.5, 0.6) is 0 Å². The highest BCUT2D eigenvalue weighted by Crippen LogP contribution is 2.30. The number of rotatable bonds is 4. The molecule has 0 radical (unpaired) electrons. The molecule has 4 nitrogen and oxygen atoms in total. The molecule has 100 valence electrons. The summed E-state index contributed by atoms with van der Waals surface area (Å²) in [4.78, 5) is 13.2. The molecular formula is C14H18N4S. The number of pyridine rings is 1. The first kappa shape index (κ1) is 13.8. The molecule has 0 aromatic carbocycles. The zero-order valence-corrected chi connectivity index (χ0v) is 12.5. The number of nitrogens with one attached hydrogen (secondary N) is 1. The highest BCUT2D eigenvalue weighted by Gasteiger charge is 2.11. The average Bonchev–Trinajstić information content (AvgIpc) is 2.37. The van der Waals surface area contributed by atoms with E-state index in [1.54, 1.807) is 18.1 Å². The largest absolute Gasteiger partial charge is 0.373 e. The minimum absolute atomic E-state index is 0.893. The maximum Gasteiger partial charge on any atom is 0.133 e. The molecule has 2 rings (SSSR count). The summed E-state index contributed by atoms with van der Waals surface area (Å²) >= 11 is 1.59. The third kappa shape index (κ3) is 3.23. The van der Waals surface area contributed by atoms with Gasteiger partial charge >= 0.3 is 0 Å². The first-order valence-corrected chi connectivity index (χ1v) is 7.10. The van der Waals surface area contributed by atoms with Gasteiger partial charge in [0.25, 0.3) is 0 Å². The number of aromatic nitrogens is 3. The molecule has 0 amide bonds. The smallest absolute Gasteiger partial charge is 0.133 e. The molecule has 2 aromatic rings. The number of hydrogen-bond acceptors (Lipinski definition) is 5. The van der Waals surface area contributed by atoms with E-state index in [0.29, 0.717) is 0 Å². The van der Waals surface area contributed by atoms with Gasteiger partial charge in [0.1, 0.15) is 22.2 Å². The molecule has 0 atom stereocenters. The van der Waals surface area contributed by atoms with Gasteiger partial charge in [-0.3, -0.25) is 0 Å². The zero-order valence-electron chi connectivity index (χ0n) is 11.7. The van der Waals surface area contributed by atoms with Crippen LogP contribution in [0.2, 0.25) is 0 Å². The number of anilines is 1. The predicted molar refractivity (Wildman–Crippen MR) is 78.8 cm³/mol. The van der Waals surface area contributed by atoms with Crippen molar-refractivity contribution in [3.8, 4) is 0 Å². The van der Waals surface area contributed by atoms with Crippen LogP contribution in [0.3, 0.4) is 0 Å². The van der Waals surface area contributed by atoms with Crippen molar-refractivity contribution in [3.63, 3.8) is 0 Å². The van der Waals surface area contributed by atoms with E-state index in [2.05, 4.69) is 46.2 Å². The van der Waals surface area contributed by atoms with Crippen molar-refractivity contribution >= 4 is 17.6 Å². The number of nitrogens with zero attached hydrogens (tertiary/aromatic N) is 3. The van der Waals surface area contributed by atoms with E-state index < -0.39 is 0 Å². The van der Waals surface area contributed by atoms with Gasteiger partial charge in [-0.1, -0.05) is 6.92 Å². The van der Waals surface area contributed by atoms with Gasteiger partial charge in [-0.25, -0.2) is 15.0 Å². The van der Waals surface area contributed by atoms with E-state index in [-0.39, 0.29) is 0 Å². The Hall–Kier alpha value is -1.62. The molecule has 0 saturated carbocycles. The van der Waals surface area contributed by atoms with Gasteiger partial charge < -0.3 is 5.32 Å². The SMILES string of the molecule is CCc1c(NC)ncnc1Sc1cc(C)cc(C)n1. The summed E-state index contributed by atoms with van der Waals surface area (Å²) in [5.41, 5.74) is 3.38. The van der Waals surface area contributed by atoms with E-state index >= 15 is 0 Å². The molecule has 0 aliphatic rings. The Bertz CT molecular complexity index is 563. The third-order valence-corrected chi connectivity index (χ3v) is 3.74. The summed E-state index contributed by atoms with van der Waals surface area (Å²) in [7, 11) is 1.88. The summed E-state index contributed by atoms with van der Waals surface area (Å²) < 4.78 is 0. The lowest BCUT2D eigenvalue weighted by Gasteiger charge is -2.10. The Morgan fingerprint density at radius 1 is 1.21 bits per heavy atom. The first-order valence-electron chi connectivity index (χ1n) is 6.28. The van der Waals surface area contributed by atoms with E-state index in [1.165, 1.54) is 5.56 Å².